The van der Waals surface area contributed by atoms with E-state index < -0.39 is 6.10 Å². The van der Waals surface area contributed by atoms with Crippen LogP contribution in [0.2, 0.25) is 5.02 Å². The highest BCUT2D eigenvalue weighted by Gasteiger charge is 2.19. The molecule has 2 rings (SSSR count). The maximum atomic E-state index is 10.1. The molecule has 6 heteroatoms. The number of aryl methyl sites for hydroxylation is 1. The Morgan fingerprint density at radius 2 is 2.40 bits per heavy atom. The van der Waals surface area contributed by atoms with E-state index in [9.17, 15) is 5.11 Å². The molecular weight excluding hydrogens is 300 g/mol. The molecule has 0 aliphatic rings. The molecule has 0 saturated heterocycles. The summed E-state index contributed by atoms with van der Waals surface area (Å²) in [4.78, 5) is 0.840. The van der Waals surface area contributed by atoms with Crippen molar-refractivity contribution in [2.24, 2.45) is 7.05 Å². The standard InChI is InChI=1S/C9H8BrClN2OS/c1-13-8(6(11)3-12-13)9(14)7-2-5(10)4-15-7/h2-4,9,14H,1H3. The lowest BCUT2D eigenvalue weighted by molar-refractivity contribution is 0.213. The van der Waals surface area contributed by atoms with Gasteiger partial charge in [-0.15, -0.1) is 11.3 Å². The molecule has 0 spiro atoms. The number of rotatable bonds is 2. The van der Waals surface area contributed by atoms with Crippen LogP contribution in [0.15, 0.2) is 22.1 Å². The van der Waals surface area contributed by atoms with Crippen molar-refractivity contribution in [3.63, 3.8) is 0 Å². The molecule has 1 unspecified atom stereocenters. The molecule has 80 valence electrons. The number of nitrogens with zero attached hydrogens (tertiary/aromatic N) is 2. The lowest BCUT2D eigenvalue weighted by atomic mass is 10.2. The fourth-order valence-corrected chi connectivity index (χ4v) is 3.03. The minimum absolute atomic E-state index is 0.481. The summed E-state index contributed by atoms with van der Waals surface area (Å²) in [7, 11) is 1.76. The average molecular weight is 308 g/mol. The van der Waals surface area contributed by atoms with Gasteiger partial charge >= 0.3 is 0 Å². The van der Waals surface area contributed by atoms with Crippen LogP contribution in [0.1, 0.15) is 16.7 Å². The maximum absolute atomic E-state index is 10.1. The highest BCUT2D eigenvalue weighted by molar-refractivity contribution is 9.10. The molecular formula is C9H8BrClN2OS. The van der Waals surface area contributed by atoms with Gasteiger partial charge in [0.1, 0.15) is 6.10 Å². The van der Waals surface area contributed by atoms with Crippen molar-refractivity contribution in [2.75, 3.05) is 0 Å². The predicted octanol–water partition coefficient (Wildman–Crippen LogP) is 2.98. The quantitative estimate of drug-likeness (QED) is 0.926. The van der Waals surface area contributed by atoms with Crippen molar-refractivity contribution in [1.82, 2.24) is 9.78 Å². The van der Waals surface area contributed by atoms with E-state index in [-0.39, 0.29) is 0 Å². The van der Waals surface area contributed by atoms with Gasteiger partial charge < -0.3 is 5.11 Å². The van der Waals surface area contributed by atoms with E-state index in [1.807, 2.05) is 11.4 Å². The van der Waals surface area contributed by atoms with E-state index in [4.69, 9.17) is 11.6 Å². The van der Waals surface area contributed by atoms with E-state index >= 15 is 0 Å². The van der Waals surface area contributed by atoms with Crippen molar-refractivity contribution in [2.45, 2.75) is 6.10 Å². The minimum atomic E-state index is -0.721. The average Bonchev–Trinajstić information content (AvgIpc) is 2.73. The van der Waals surface area contributed by atoms with Gasteiger partial charge in [-0.3, -0.25) is 4.68 Å². The van der Waals surface area contributed by atoms with Crippen molar-refractivity contribution in [3.05, 3.63) is 37.7 Å². The van der Waals surface area contributed by atoms with Crippen LogP contribution in [-0.2, 0) is 7.05 Å². The first-order valence-corrected chi connectivity index (χ1v) is 6.24. The van der Waals surface area contributed by atoms with Gasteiger partial charge in [-0.05, 0) is 22.0 Å². The van der Waals surface area contributed by atoms with Crippen molar-refractivity contribution in [1.29, 1.82) is 0 Å². The number of thiophene rings is 1. The van der Waals surface area contributed by atoms with Gasteiger partial charge in [0.05, 0.1) is 16.9 Å². The Hall–Kier alpha value is -0.360. The zero-order valence-electron chi connectivity index (χ0n) is 7.82. The maximum Gasteiger partial charge on any atom is 0.131 e. The summed E-state index contributed by atoms with van der Waals surface area (Å²) < 4.78 is 2.54. The normalized spacial score (nSPS) is 13.1. The first kappa shape index (κ1) is 11.1. The fourth-order valence-electron chi connectivity index (χ4n) is 1.33. The summed E-state index contributed by atoms with van der Waals surface area (Å²) in [5, 5.41) is 16.5. The van der Waals surface area contributed by atoms with Crippen LogP contribution >= 0.6 is 38.9 Å². The second kappa shape index (κ2) is 4.25. The SMILES string of the molecule is Cn1ncc(Cl)c1C(O)c1cc(Br)cs1. The molecule has 1 atom stereocenters. The molecule has 0 aliphatic heterocycles. The summed E-state index contributed by atoms with van der Waals surface area (Å²) >= 11 is 10.8. The van der Waals surface area contributed by atoms with Crippen LogP contribution in [0, 0.1) is 0 Å². The minimum Gasteiger partial charge on any atom is -0.381 e. The molecule has 0 aromatic carbocycles. The molecule has 0 fully saturated rings. The van der Waals surface area contributed by atoms with Crippen LogP contribution in [0.3, 0.4) is 0 Å². The smallest absolute Gasteiger partial charge is 0.131 e. The zero-order valence-corrected chi connectivity index (χ0v) is 11.0. The van der Waals surface area contributed by atoms with Crippen molar-refractivity contribution in [3.8, 4) is 0 Å². The second-order valence-electron chi connectivity index (χ2n) is 3.07. The van der Waals surface area contributed by atoms with Gasteiger partial charge in [-0.25, -0.2) is 0 Å². The number of hydrogen-bond donors (Lipinski definition) is 1. The van der Waals surface area contributed by atoms with Crippen LogP contribution < -0.4 is 0 Å². The second-order valence-corrected chi connectivity index (χ2v) is 5.34. The van der Waals surface area contributed by atoms with Crippen LogP contribution in [0.25, 0.3) is 0 Å². The van der Waals surface area contributed by atoms with E-state index in [2.05, 4.69) is 21.0 Å². The Balaban J connectivity index is 2.40. The third-order valence-electron chi connectivity index (χ3n) is 2.05. The Labute approximate surface area is 104 Å². The highest BCUT2D eigenvalue weighted by Crippen LogP contribution is 2.32. The third kappa shape index (κ3) is 2.10. The third-order valence-corrected chi connectivity index (χ3v) is 4.09. The van der Waals surface area contributed by atoms with Gasteiger partial charge in [-0.1, -0.05) is 11.6 Å². The first-order valence-electron chi connectivity index (χ1n) is 4.19. The zero-order chi connectivity index (χ0) is 11.0. The number of aliphatic hydroxyl groups excluding tert-OH is 1. The molecule has 1 N–H and O–H groups in total. The molecule has 0 aliphatic carbocycles. The molecule has 0 radical (unpaired) electrons. The molecule has 15 heavy (non-hydrogen) atoms. The molecule has 2 aromatic heterocycles. The number of aromatic nitrogens is 2. The van der Waals surface area contributed by atoms with Crippen LogP contribution in [0.4, 0.5) is 0 Å². The summed E-state index contributed by atoms with van der Waals surface area (Å²) in [5.41, 5.74) is 0.617. The molecule has 0 saturated carbocycles. The van der Waals surface area contributed by atoms with Crippen molar-refractivity contribution < 1.29 is 5.11 Å². The van der Waals surface area contributed by atoms with Gasteiger partial charge in [0.2, 0.25) is 0 Å². The molecule has 0 bridgehead atoms. The molecule has 0 amide bonds. The van der Waals surface area contributed by atoms with E-state index in [1.54, 1.807) is 11.7 Å². The Morgan fingerprint density at radius 3 is 2.87 bits per heavy atom. The van der Waals surface area contributed by atoms with Gasteiger partial charge in [-0.2, -0.15) is 5.10 Å². The largest absolute Gasteiger partial charge is 0.381 e. The van der Waals surface area contributed by atoms with Crippen molar-refractivity contribution >= 4 is 38.9 Å². The monoisotopic (exact) mass is 306 g/mol. The number of hydrogen-bond acceptors (Lipinski definition) is 3. The van der Waals surface area contributed by atoms with E-state index in [1.165, 1.54) is 17.5 Å². The van der Waals surface area contributed by atoms with Gasteiger partial charge in [0.15, 0.2) is 0 Å². The Bertz CT molecular complexity index is 463. The number of aliphatic hydroxyl groups is 1. The summed E-state index contributed by atoms with van der Waals surface area (Å²) in [6.45, 7) is 0. The molecule has 3 nitrogen and oxygen atoms in total. The summed E-state index contributed by atoms with van der Waals surface area (Å²) in [5.74, 6) is 0. The fraction of sp³-hybridized carbons (Fsp3) is 0.222. The van der Waals surface area contributed by atoms with Gasteiger partial charge in [0, 0.05) is 21.8 Å². The number of halogens is 2. The van der Waals surface area contributed by atoms with Crippen LogP contribution in [0.5, 0.6) is 0 Å². The Kier molecular flexibility index (Phi) is 3.16. The van der Waals surface area contributed by atoms with Crippen LogP contribution in [-0.4, -0.2) is 14.9 Å². The predicted molar refractivity (Wildman–Crippen MR) is 64.3 cm³/mol. The van der Waals surface area contributed by atoms with E-state index in [0.29, 0.717) is 10.7 Å². The first-order chi connectivity index (χ1) is 7.09. The molecule has 2 heterocycles. The van der Waals surface area contributed by atoms with E-state index in [0.717, 1.165) is 9.35 Å². The topological polar surface area (TPSA) is 38.0 Å². The Morgan fingerprint density at radius 1 is 1.67 bits per heavy atom. The molecule has 2 aromatic rings. The highest BCUT2D eigenvalue weighted by atomic mass is 79.9. The lowest BCUT2D eigenvalue weighted by Gasteiger charge is -2.09. The lowest BCUT2D eigenvalue weighted by Crippen LogP contribution is -2.05. The summed E-state index contributed by atoms with van der Waals surface area (Å²) in [6.07, 6.45) is 0.809. The van der Waals surface area contributed by atoms with Gasteiger partial charge in [0.25, 0.3) is 0 Å². The summed E-state index contributed by atoms with van der Waals surface area (Å²) in [6, 6.07) is 1.87.